The predicted octanol–water partition coefficient (Wildman–Crippen LogP) is 3.82. The summed E-state index contributed by atoms with van der Waals surface area (Å²) >= 11 is 5.34. The summed E-state index contributed by atoms with van der Waals surface area (Å²) < 4.78 is 8.58. The molecule has 1 N–H and O–H groups in total. The maximum absolute atomic E-state index is 5.48. The van der Waals surface area contributed by atoms with Gasteiger partial charge in [-0.1, -0.05) is 13.8 Å². The van der Waals surface area contributed by atoms with Gasteiger partial charge in [0.15, 0.2) is 0 Å². The van der Waals surface area contributed by atoms with Crippen LogP contribution in [0.2, 0.25) is 0 Å². The monoisotopic (exact) mass is 357 g/mol. The number of aromatic nitrogens is 2. The van der Waals surface area contributed by atoms with Crippen molar-refractivity contribution in [2.24, 2.45) is 0 Å². The molecule has 2 heterocycles. The molecule has 1 atom stereocenters. The molecule has 0 saturated heterocycles. The molecule has 0 bridgehead atoms. The van der Waals surface area contributed by atoms with Crippen molar-refractivity contribution >= 4 is 27.3 Å². The molecule has 110 valence electrons. The van der Waals surface area contributed by atoms with E-state index in [-0.39, 0.29) is 6.04 Å². The summed E-state index contributed by atoms with van der Waals surface area (Å²) in [7, 11) is 1.72. The Morgan fingerprint density at radius 3 is 2.95 bits per heavy atom. The number of nitrogens with zero attached hydrogens (tertiary/aromatic N) is 2. The highest BCUT2D eigenvalue weighted by Gasteiger charge is 2.25. The van der Waals surface area contributed by atoms with E-state index in [0.29, 0.717) is 0 Å². The van der Waals surface area contributed by atoms with Crippen LogP contribution in [0.15, 0.2) is 22.1 Å². The van der Waals surface area contributed by atoms with Crippen LogP contribution in [0.4, 0.5) is 0 Å². The van der Waals surface area contributed by atoms with Crippen LogP contribution in [0.1, 0.15) is 36.9 Å². The molecule has 1 unspecified atom stereocenters. The second kappa shape index (κ2) is 7.24. The Morgan fingerprint density at radius 1 is 1.50 bits per heavy atom. The molecule has 2 aromatic rings. The molecule has 20 heavy (non-hydrogen) atoms. The van der Waals surface area contributed by atoms with Gasteiger partial charge >= 0.3 is 0 Å². The Kier molecular flexibility index (Phi) is 5.63. The number of nitrogens with one attached hydrogen (secondary N) is 1. The average molecular weight is 358 g/mol. The van der Waals surface area contributed by atoms with Gasteiger partial charge in [-0.15, -0.1) is 11.3 Å². The van der Waals surface area contributed by atoms with Gasteiger partial charge in [0.05, 0.1) is 34.4 Å². The van der Waals surface area contributed by atoms with E-state index in [4.69, 9.17) is 4.74 Å². The van der Waals surface area contributed by atoms with Gasteiger partial charge in [-0.25, -0.2) is 0 Å². The van der Waals surface area contributed by atoms with Crippen LogP contribution >= 0.6 is 27.3 Å². The van der Waals surface area contributed by atoms with Crippen molar-refractivity contribution in [3.8, 4) is 5.75 Å². The van der Waals surface area contributed by atoms with Crippen LogP contribution in [0.5, 0.6) is 5.75 Å². The van der Waals surface area contributed by atoms with E-state index in [0.717, 1.165) is 35.4 Å². The number of rotatable bonds is 7. The topological polar surface area (TPSA) is 39.1 Å². The first kappa shape index (κ1) is 15.5. The molecular weight excluding hydrogens is 338 g/mol. The Labute approximate surface area is 132 Å². The molecule has 0 fully saturated rings. The quantitative estimate of drug-likeness (QED) is 0.818. The van der Waals surface area contributed by atoms with Crippen molar-refractivity contribution < 1.29 is 4.74 Å². The summed E-state index contributed by atoms with van der Waals surface area (Å²) in [5, 5.41) is 10.1. The number of hydrogen-bond acceptors (Lipinski definition) is 4. The van der Waals surface area contributed by atoms with E-state index in [2.05, 4.69) is 50.3 Å². The van der Waals surface area contributed by atoms with Gasteiger partial charge in [-0.2, -0.15) is 5.10 Å². The van der Waals surface area contributed by atoms with Crippen molar-refractivity contribution in [3.63, 3.8) is 0 Å². The number of aryl methyl sites for hydroxylation is 1. The third-order valence-corrected chi connectivity index (χ3v) is 4.66. The molecule has 0 aromatic carbocycles. The molecule has 0 aliphatic heterocycles. The number of methoxy groups -OCH3 is 1. The molecule has 2 aromatic heterocycles. The minimum Gasteiger partial charge on any atom is -0.496 e. The second-order valence-corrected chi connectivity index (χ2v) is 6.25. The Bertz CT molecular complexity index is 552. The van der Waals surface area contributed by atoms with Crippen LogP contribution in [0.25, 0.3) is 0 Å². The summed E-state index contributed by atoms with van der Waals surface area (Å²) in [6.07, 6.45) is 2.93. The van der Waals surface area contributed by atoms with Crippen LogP contribution in [-0.4, -0.2) is 23.4 Å². The SMILES string of the molecule is CCCn1ncc(Br)c1C(NCC)c1sccc1OC. The van der Waals surface area contributed by atoms with Gasteiger partial charge in [0.2, 0.25) is 0 Å². The number of halogens is 1. The van der Waals surface area contributed by atoms with Crippen LogP contribution in [0, 0.1) is 0 Å². The van der Waals surface area contributed by atoms with Crippen LogP contribution in [0.3, 0.4) is 0 Å². The lowest BCUT2D eigenvalue weighted by Gasteiger charge is -2.20. The van der Waals surface area contributed by atoms with Gasteiger partial charge < -0.3 is 10.1 Å². The minimum atomic E-state index is 0.0957. The van der Waals surface area contributed by atoms with Gasteiger partial charge in [0, 0.05) is 6.54 Å². The molecule has 0 saturated carbocycles. The first-order valence-electron chi connectivity index (χ1n) is 6.78. The van der Waals surface area contributed by atoms with Crippen molar-refractivity contribution in [1.29, 1.82) is 0 Å². The fourth-order valence-corrected chi connectivity index (χ4v) is 3.72. The molecular formula is C14H20BrN3OS. The zero-order chi connectivity index (χ0) is 14.5. The smallest absolute Gasteiger partial charge is 0.134 e. The third kappa shape index (κ3) is 3.07. The lowest BCUT2D eigenvalue weighted by molar-refractivity contribution is 0.405. The second-order valence-electron chi connectivity index (χ2n) is 4.44. The zero-order valence-electron chi connectivity index (χ0n) is 12.0. The highest BCUT2D eigenvalue weighted by atomic mass is 79.9. The van der Waals surface area contributed by atoms with E-state index >= 15 is 0 Å². The van der Waals surface area contributed by atoms with Crippen LogP contribution in [-0.2, 0) is 6.54 Å². The molecule has 0 radical (unpaired) electrons. The van der Waals surface area contributed by atoms with Crippen molar-refractivity contribution in [1.82, 2.24) is 15.1 Å². The highest BCUT2D eigenvalue weighted by molar-refractivity contribution is 9.10. The van der Waals surface area contributed by atoms with E-state index in [9.17, 15) is 0 Å². The average Bonchev–Trinajstić information content (AvgIpc) is 3.04. The highest BCUT2D eigenvalue weighted by Crippen LogP contribution is 2.37. The van der Waals surface area contributed by atoms with Crippen molar-refractivity contribution in [3.05, 3.63) is 32.7 Å². The molecule has 0 amide bonds. The number of ether oxygens (including phenoxy) is 1. The molecule has 0 aliphatic rings. The summed E-state index contributed by atoms with van der Waals surface area (Å²) in [6.45, 7) is 6.07. The molecule has 0 spiro atoms. The number of hydrogen-bond donors (Lipinski definition) is 1. The maximum Gasteiger partial charge on any atom is 0.134 e. The first-order chi connectivity index (χ1) is 9.72. The Hall–Kier alpha value is -0.850. The standard InChI is InChI=1S/C14H20BrN3OS/c1-4-7-18-13(10(15)9-17-18)12(16-5-2)14-11(19-3)6-8-20-14/h6,8-9,12,16H,4-5,7H2,1-3H3. The largest absolute Gasteiger partial charge is 0.496 e. The molecule has 0 aliphatic carbocycles. The summed E-state index contributed by atoms with van der Waals surface area (Å²) in [4.78, 5) is 1.19. The summed E-state index contributed by atoms with van der Waals surface area (Å²) in [5.41, 5.74) is 1.16. The van der Waals surface area contributed by atoms with Gasteiger partial charge in [0.25, 0.3) is 0 Å². The van der Waals surface area contributed by atoms with E-state index in [1.807, 2.05) is 12.3 Å². The van der Waals surface area contributed by atoms with Crippen molar-refractivity contribution in [2.45, 2.75) is 32.9 Å². The summed E-state index contributed by atoms with van der Waals surface area (Å²) in [5.74, 6) is 0.928. The molecule has 4 nitrogen and oxygen atoms in total. The van der Waals surface area contributed by atoms with Gasteiger partial charge in [0.1, 0.15) is 5.75 Å². The lowest BCUT2D eigenvalue weighted by Crippen LogP contribution is -2.25. The first-order valence-corrected chi connectivity index (χ1v) is 8.46. The minimum absolute atomic E-state index is 0.0957. The van der Waals surface area contributed by atoms with Crippen LogP contribution < -0.4 is 10.1 Å². The molecule has 2 rings (SSSR count). The predicted molar refractivity (Wildman–Crippen MR) is 86.6 cm³/mol. The zero-order valence-corrected chi connectivity index (χ0v) is 14.4. The van der Waals surface area contributed by atoms with Gasteiger partial charge in [-0.05, 0) is 40.3 Å². The fourth-order valence-electron chi connectivity index (χ4n) is 2.25. The molecule has 6 heteroatoms. The lowest BCUT2D eigenvalue weighted by atomic mass is 10.1. The maximum atomic E-state index is 5.48. The van der Waals surface area contributed by atoms with E-state index < -0.39 is 0 Å². The Morgan fingerprint density at radius 2 is 2.30 bits per heavy atom. The normalized spacial score (nSPS) is 12.6. The number of thiophene rings is 1. The van der Waals surface area contributed by atoms with E-state index in [1.54, 1.807) is 18.4 Å². The fraction of sp³-hybridized carbons (Fsp3) is 0.500. The third-order valence-electron chi connectivity index (χ3n) is 3.09. The van der Waals surface area contributed by atoms with E-state index in [1.165, 1.54) is 4.88 Å². The summed E-state index contributed by atoms with van der Waals surface area (Å²) in [6, 6.07) is 2.11. The Balaban J connectivity index is 2.45. The van der Waals surface area contributed by atoms with Gasteiger partial charge in [-0.3, -0.25) is 4.68 Å². The van der Waals surface area contributed by atoms with Crippen molar-refractivity contribution in [2.75, 3.05) is 13.7 Å².